The second-order valence-corrected chi connectivity index (χ2v) is 10.6. The third-order valence-corrected chi connectivity index (χ3v) is 6.33. The maximum absolute atomic E-state index is 14.7. The summed E-state index contributed by atoms with van der Waals surface area (Å²) in [4.78, 5) is 12.0. The molecule has 0 aliphatic rings. The Balaban J connectivity index is 2.64. The first-order valence-electron chi connectivity index (χ1n) is 10.8. The number of rotatable bonds is 11. The number of halogens is 4. The van der Waals surface area contributed by atoms with Crippen molar-refractivity contribution in [3.8, 4) is 16.9 Å². The highest BCUT2D eigenvalue weighted by molar-refractivity contribution is 7.90. The molecule has 0 saturated carbocycles. The van der Waals surface area contributed by atoms with Crippen molar-refractivity contribution in [3.63, 3.8) is 0 Å². The molecule has 0 heterocycles. The Bertz CT molecular complexity index is 1170. The number of nitrogens with one attached hydrogen (secondary N) is 1. The maximum atomic E-state index is 14.7. The van der Waals surface area contributed by atoms with Gasteiger partial charge in [0.05, 0.1) is 12.0 Å². The average molecular weight is 536 g/mol. The fourth-order valence-electron chi connectivity index (χ4n) is 3.55. The van der Waals surface area contributed by atoms with Crippen molar-refractivity contribution in [1.29, 1.82) is 0 Å². The zero-order valence-corrected chi connectivity index (χ0v) is 21.3. The lowest BCUT2D eigenvalue weighted by molar-refractivity contribution is -0.164. The molecular formula is C24H29F4NO6S. The van der Waals surface area contributed by atoms with Crippen LogP contribution in [0.4, 0.5) is 17.6 Å². The Morgan fingerprint density at radius 2 is 1.72 bits per heavy atom. The number of carbonyl (C=O) groups excluding carboxylic acids is 1. The van der Waals surface area contributed by atoms with E-state index >= 15 is 0 Å². The summed E-state index contributed by atoms with van der Waals surface area (Å²) < 4.78 is 95.9. The van der Waals surface area contributed by atoms with Crippen LogP contribution < -0.4 is 10.1 Å². The van der Waals surface area contributed by atoms with Crippen molar-refractivity contribution < 1.29 is 45.0 Å². The van der Waals surface area contributed by atoms with E-state index in [1.807, 2.05) is 0 Å². The molecule has 2 rings (SSSR count). The van der Waals surface area contributed by atoms with Gasteiger partial charge in [-0.25, -0.2) is 12.8 Å². The van der Waals surface area contributed by atoms with Crippen LogP contribution in [0, 0.1) is 11.7 Å². The molecule has 0 radical (unpaired) electrons. The van der Waals surface area contributed by atoms with Gasteiger partial charge in [-0.2, -0.15) is 13.2 Å². The minimum absolute atomic E-state index is 0.0198. The van der Waals surface area contributed by atoms with Crippen LogP contribution in [0.5, 0.6) is 5.75 Å². The molecule has 0 aromatic heterocycles. The number of alkyl halides is 3. The predicted molar refractivity (Wildman–Crippen MR) is 125 cm³/mol. The molecule has 1 N–H and O–H groups in total. The molecule has 2 atom stereocenters. The predicted octanol–water partition coefficient (Wildman–Crippen LogP) is 4.66. The smallest absolute Gasteiger partial charge is 0.407 e. The van der Waals surface area contributed by atoms with Gasteiger partial charge in [0.15, 0.2) is 16.6 Å². The van der Waals surface area contributed by atoms with Gasteiger partial charge in [-0.1, -0.05) is 26.0 Å². The number of hydrogen-bond donors (Lipinski definition) is 1. The van der Waals surface area contributed by atoms with E-state index < -0.39 is 39.9 Å². The molecule has 36 heavy (non-hydrogen) atoms. The van der Waals surface area contributed by atoms with Crippen molar-refractivity contribution in [3.05, 3.63) is 47.8 Å². The van der Waals surface area contributed by atoms with Crippen LogP contribution in [0.3, 0.4) is 0 Å². The van der Waals surface area contributed by atoms with Crippen LogP contribution in [0.15, 0.2) is 41.3 Å². The maximum Gasteiger partial charge on any atom is 0.407 e. The Kier molecular flexibility index (Phi) is 9.86. The summed E-state index contributed by atoms with van der Waals surface area (Å²) in [5, 5.41) is 2.34. The number of benzene rings is 2. The molecule has 2 unspecified atom stereocenters. The third kappa shape index (κ3) is 7.65. The molecule has 0 spiro atoms. The third-order valence-electron chi connectivity index (χ3n) is 5.22. The van der Waals surface area contributed by atoms with E-state index in [1.165, 1.54) is 13.2 Å². The zero-order chi connectivity index (χ0) is 27.3. The van der Waals surface area contributed by atoms with Gasteiger partial charge in [0.2, 0.25) is 0 Å². The fraction of sp³-hybridized carbons (Fsp3) is 0.458. The summed E-state index contributed by atoms with van der Waals surface area (Å²) in [7, 11) is -1.31. The lowest BCUT2D eigenvalue weighted by atomic mass is 9.97. The van der Waals surface area contributed by atoms with Gasteiger partial charge in [-0.3, -0.25) is 10.1 Å². The van der Waals surface area contributed by atoms with Crippen molar-refractivity contribution in [2.45, 2.75) is 43.4 Å². The summed E-state index contributed by atoms with van der Waals surface area (Å²) in [5.74, 6) is -1.92. The van der Waals surface area contributed by atoms with E-state index in [0.717, 1.165) is 43.7 Å². The standard InChI is InChI=1S/C24H29F4NO6S/c1-14(2)10-20(23(30)34-4)29-22(24(26,27)28)15-6-8-17(21(11-15)35-13-33-3)18-12-16(36(5,31)32)7-9-19(18)25/h6-9,11-12,14,20,22,29H,10,13H2,1-5H3. The molecule has 0 aliphatic heterocycles. The van der Waals surface area contributed by atoms with E-state index in [9.17, 15) is 30.8 Å². The quantitative estimate of drug-likeness (QED) is 0.194. The van der Waals surface area contributed by atoms with E-state index in [1.54, 1.807) is 13.8 Å². The summed E-state index contributed by atoms with van der Waals surface area (Å²) >= 11 is 0. The Hall–Kier alpha value is -2.70. The molecule has 2 aromatic rings. The molecule has 2 aromatic carbocycles. The first-order chi connectivity index (χ1) is 16.7. The van der Waals surface area contributed by atoms with Crippen molar-refractivity contribution in [2.24, 2.45) is 5.92 Å². The number of carbonyl (C=O) groups is 1. The van der Waals surface area contributed by atoms with Crippen LogP contribution in [0.1, 0.15) is 31.9 Å². The molecule has 0 aliphatic carbocycles. The highest BCUT2D eigenvalue weighted by Crippen LogP contribution is 2.39. The van der Waals surface area contributed by atoms with Crippen molar-refractivity contribution in [1.82, 2.24) is 5.32 Å². The first-order valence-corrected chi connectivity index (χ1v) is 12.7. The van der Waals surface area contributed by atoms with E-state index in [0.29, 0.717) is 0 Å². The topological polar surface area (TPSA) is 90.9 Å². The van der Waals surface area contributed by atoms with Crippen LogP contribution in [-0.4, -0.2) is 53.9 Å². The summed E-state index contributed by atoms with van der Waals surface area (Å²) in [6.07, 6.45) is -3.78. The van der Waals surface area contributed by atoms with Crippen molar-refractivity contribution in [2.75, 3.05) is 27.3 Å². The monoisotopic (exact) mass is 535 g/mol. The molecule has 0 saturated heterocycles. The second kappa shape index (κ2) is 12.0. The van der Waals surface area contributed by atoms with Crippen LogP contribution >= 0.6 is 0 Å². The van der Waals surface area contributed by atoms with E-state index in [4.69, 9.17) is 9.47 Å². The normalized spacial score (nSPS) is 13.9. The Morgan fingerprint density at radius 1 is 1.06 bits per heavy atom. The van der Waals surface area contributed by atoms with E-state index in [-0.39, 0.29) is 46.5 Å². The SMILES string of the molecule is COCOc1cc(C(NC(CC(C)C)C(=O)OC)C(F)(F)F)ccc1-c1cc(S(C)(=O)=O)ccc1F. The van der Waals surface area contributed by atoms with Gasteiger partial charge in [0.1, 0.15) is 23.7 Å². The van der Waals surface area contributed by atoms with Gasteiger partial charge in [0.25, 0.3) is 0 Å². The Morgan fingerprint density at radius 3 is 2.25 bits per heavy atom. The van der Waals surface area contributed by atoms with Gasteiger partial charge < -0.3 is 14.2 Å². The summed E-state index contributed by atoms with van der Waals surface area (Å²) in [6, 6.07) is 2.94. The molecule has 200 valence electrons. The second-order valence-electron chi connectivity index (χ2n) is 8.57. The average Bonchev–Trinajstić information content (AvgIpc) is 2.78. The van der Waals surface area contributed by atoms with Gasteiger partial charge in [-0.05, 0) is 42.2 Å². The number of hydrogen-bond acceptors (Lipinski definition) is 7. The van der Waals surface area contributed by atoms with Crippen LogP contribution in [0.2, 0.25) is 0 Å². The zero-order valence-electron chi connectivity index (χ0n) is 20.5. The van der Waals surface area contributed by atoms with Crippen molar-refractivity contribution >= 4 is 15.8 Å². The number of ether oxygens (including phenoxy) is 3. The number of methoxy groups -OCH3 is 2. The Labute approximate surface area is 207 Å². The molecule has 7 nitrogen and oxygen atoms in total. The summed E-state index contributed by atoms with van der Waals surface area (Å²) in [6.45, 7) is 3.14. The largest absolute Gasteiger partial charge is 0.468 e. The van der Waals surface area contributed by atoms with E-state index in [2.05, 4.69) is 10.1 Å². The lowest BCUT2D eigenvalue weighted by Gasteiger charge is -2.28. The molecule has 0 amide bonds. The minimum atomic E-state index is -4.81. The highest BCUT2D eigenvalue weighted by atomic mass is 32.2. The molecule has 12 heteroatoms. The highest BCUT2D eigenvalue weighted by Gasteiger charge is 2.43. The van der Waals surface area contributed by atoms with Gasteiger partial charge >= 0.3 is 12.1 Å². The van der Waals surface area contributed by atoms with Crippen LogP contribution in [0.25, 0.3) is 11.1 Å². The molecule has 0 fully saturated rings. The first kappa shape index (κ1) is 29.5. The fourth-order valence-corrected chi connectivity index (χ4v) is 4.20. The molecule has 0 bridgehead atoms. The minimum Gasteiger partial charge on any atom is -0.468 e. The number of sulfone groups is 1. The van der Waals surface area contributed by atoms with Crippen LogP contribution in [-0.2, 0) is 24.1 Å². The van der Waals surface area contributed by atoms with Gasteiger partial charge in [-0.15, -0.1) is 0 Å². The molecular weight excluding hydrogens is 506 g/mol. The van der Waals surface area contributed by atoms with Gasteiger partial charge in [0, 0.05) is 24.5 Å². The summed E-state index contributed by atoms with van der Waals surface area (Å²) in [5.41, 5.74) is -0.472. The number of esters is 1. The lowest BCUT2D eigenvalue weighted by Crippen LogP contribution is -2.45.